The first-order valence-corrected chi connectivity index (χ1v) is 7.48. The van der Waals surface area contributed by atoms with Crippen LogP contribution in [0.15, 0.2) is 16.9 Å². The Kier molecular flexibility index (Phi) is 4.66. The lowest BCUT2D eigenvalue weighted by Crippen LogP contribution is -2.40. The first-order valence-electron chi connectivity index (χ1n) is 7.48. The number of aryl methyl sites for hydroxylation is 1. The summed E-state index contributed by atoms with van der Waals surface area (Å²) in [5.74, 6) is 0. The van der Waals surface area contributed by atoms with Crippen LogP contribution in [0.25, 0.3) is 0 Å². The molecule has 4 nitrogen and oxygen atoms in total. The molecule has 1 atom stereocenters. The summed E-state index contributed by atoms with van der Waals surface area (Å²) in [6.07, 6.45) is 3.28. The summed E-state index contributed by atoms with van der Waals surface area (Å²) < 4.78 is 0. The van der Waals surface area contributed by atoms with Gasteiger partial charge in [0, 0.05) is 30.9 Å². The third-order valence-electron chi connectivity index (χ3n) is 3.90. The topological polar surface area (TPSA) is 48.1 Å². The van der Waals surface area contributed by atoms with E-state index in [1.165, 1.54) is 5.56 Å². The van der Waals surface area contributed by atoms with Crippen LogP contribution in [0.2, 0.25) is 0 Å². The number of hydrogen-bond acceptors (Lipinski definition) is 3. The first kappa shape index (κ1) is 15.3. The minimum atomic E-state index is 0.0114. The minimum absolute atomic E-state index is 0.0114. The Morgan fingerprint density at radius 2 is 2.15 bits per heavy atom. The number of pyridine rings is 1. The summed E-state index contributed by atoms with van der Waals surface area (Å²) in [5.41, 5.74) is 2.64. The second kappa shape index (κ2) is 6.10. The molecule has 4 heteroatoms. The highest BCUT2D eigenvalue weighted by molar-refractivity contribution is 5.26. The summed E-state index contributed by atoms with van der Waals surface area (Å²) in [4.78, 5) is 16.6. The smallest absolute Gasteiger partial charge is 0.248 e. The van der Waals surface area contributed by atoms with E-state index in [0.29, 0.717) is 6.04 Å². The Morgan fingerprint density at radius 1 is 1.40 bits per heavy atom. The Bertz CT molecular complexity index is 505. The molecule has 1 aliphatic rings. The Morgan fingerprint density at radius 3 is 2.85 bits per heavy atom. The zero-order valence-corrected chi connectivity index (χ0v) is 13.1. The van der Waals surface area contributed by atoms with Crippen molar-refractivity contribution < 1.29 is 0 Å². The standard InChI is InChI=1S/C16H27N3O/c1-16(2,11-19(3)4)10-17-13-6-5-7-14-12(13)8-9-15(20)18-14/h8-9,13,17H,5-7,10-11H2,1-4H3,(H,18,20). The van der Waals surface area contributed by atoms with E-state index in [9.17, 15) is 4.79 Å². The predicted octanol–water partition coefficient (Wildman–Crippen LogP) is 1.93. The van der Waals surface area contributed by atoms with Gasteiger partial charge in [-0.2, -0.15) is 0 Å². The van der Waals surface area contributed by atoms with Gasteiger partial charge in [0.15, 0.2) is 0 Å². The highest BCUT2D eigenvalue weighted by Gasteiger charge is 2.24. The summed E-state index contributed by atoms with van der Waals surface area (Å²) in [6.45, 7) is 6.62. The van der Waals surface area contributed by atoms with Crippen molar-refractivity contribution in [3.05, 3.63) is 33.7 Å². The molecule has 1 aliphatic carbocycles. The van der Waals surface area contributed by atoms with Crippen LogP contribution in [0, 0.1) is 5.41 Å². The Hall–Kier alpha value is -1.13. The van der Waals surface area contributed by atoms with Gasteiger partial charge in [-0.15, -0.1) is 0 Å². The predicted molar refractivity (Wildman–Crippen MR) is 83.1 cm³/mol. The number of nitrogens with zero attached hydrogens (tertiary/aromatic N) is 1. The number of fused-ring (bicyclic) bond motifs is 1. The zero-order chi connectivity index (χ0) is 14.8. The molecule has 112 valence electrons. The molecule has 1 aromatic rings. The van der Waals surface area contributed by atoms with Crippen molar-refractivity contribution in [2.75, 3.05) is 27.2 Å². The molecule has 0 aromatic carbocycles. The van der Waals surface area contributed by atoms with E-state index < -0.39 is 0 Å². The van der Waals surface area contributed by atoms with Gasteiger partial charge in [0.25, 0.3) is 0 Å². The third kappa shape index (κ3) is 3.93. The van der Waals surface area contributed by atoms with E-state index in [4.69, 9.17) is 0 Å². The van der Waals surface area contributed by atoms with Gasteiger partial charge >= 0.3 is 0 Å². The van der Waals surface area contributed by atoms with Crippen molar-refractivity contribution >= 4 is 0 Å². The molecule has 1 aromatic heterocycles. The monoisotopic (exact) mass is 277 g/mol. The molecular weight excluding hydrogens is 250 g/mol. The molecule has 0 bridgehead atoms. The quantitative estimate of drug-likeness (QED) is 0.864. The molecule has 2 rings (SSSR count). The highest BCUT2D eigenvalue weighted by atomic mass is 16.1. The fourth-order valence-electron chi connectivity index (χ4n) is 3.22. The van der Waals surface area contributed by atoms with Gasteiger partial charge in [0.1, 0.15) is 0 Å². The maximum absolute atomic E-state index is 11.4. The van der Waals surface area contributed by atoms with E-state index in [0.717, 1.165) is 38.0 Å². The Balaban J connectivity index is 2.03. The van der Waals surface area contributed by atoms with E-state index in [1.807, 2.05) is 6.07 Å². The second-order valence-corrected chi connectivity index (χ2v) is 6.98. The molecule has 0 radical (unpaired) electrons. The Labute approximate surface area is 121 Å². The number of aromatic nitrogens is 1. The van der Waals surface area contributed by atoms with Gasteiger partial charge in [-0.25, -0.2) is 0 Å². The number of rotatable bonds is 5. The molecule has 0 fully saturated rings. The average Bonchev–Trinajstić information content (AvgIpc) is 2.34. The molecule has 20 heavy (non-hydrogen) atoms. The van der Waals surface area contributed by atoms with E-state index >= 15 is 0 Å². The van der Waals surface area contributed by atoms with E-state index in [2.05, 4.69) is 43.1 Å². The largest absolute Gasteiger partial charge is 0.326 e. The van der Waals surface area contributed by atoms with Crippen LogP contribution in [0.3, 0.4) is 0 Å². The van der Waals surface area contributed by atoms with Crippen LogP contribution in [0.4, 0.5) is 0 Å². The molecule has 0 amide bonds. The molecule has 1 heterocycles. The molecule has 0 aliphatic heterocycles. The highest BCUT2D eigenvalue weighted by Crippen LogP contribution is 2.28. The third-order valence-corrected chi connectivity index (χ3v) is 3.90. The fourth-order valence-corrected chi connectivity index (χ4v) is 3.22. The summed E-state index contributed by atoms with van der Waals surface area (Å²) in [7, 11) is 4.23. The van der Waals surface area contributed by atoms with Crippen molar-refractivity contribution in [2.45, 2.75) is 39.2 Å². The number of hydrogen-bond donors (Lipinski definition) is 2. The summed E-state index contributed by atoms with van der Waals surface area (Å²) in [5, 5.41) is 3.69. The van der Waals surface area contributed by atoms with Crippen molar-refractivity contribution in [2.24, 2.45) is 5.41 Å². The lowest BCUT2D eigenvalue weighted by atomic mass is 9.88. The number of H-pyrrole nitrogens is 1. The lowest BCUT2D eigenvalue weighted by molar-refractivity contribution is 0.222. The second-order valence-electron chi connectivity index (χ2n) is 6.98. The van der Waals surface area contributed by atoms with E-state index in [1.54, 1.807) is 6.07 Å². The van der Waals surface area contributed by atoms with Crippen molar-refractivity contribution in [3.63, 3.8) is 0 Å². The zero-order valence-electron chi connectivity index (χ0n) is 13.1. The first-order chi connectivity index (χ1) is 9.37. The summed E-state index contributed by atoms with van der Waals surface area (Å²) in [6, 6.07) is 4.00. The van der Waals surface area contributed by atoms with E-state index in [-0.39, 0.29) is 11.0 Å². The number of nitrogens with one attached hydrogen (secondary N) is 2. The molecule has 1 unspecified atom stereocenters. The average molecular weight is 277 g/mol. The maximum atomic E-state index is 11.4. The van der Waals surface area contributed by atoms with Crippen LogP contribution in [-0.2, 0) is 6.42 Å². The van der Waals surface area contributed by atoms with Crippen LogP contribution >= 0.6 is 0 Å². The van der Waals surface area contributed by atoms with Crippen LogP contribution in [-0.4, -0.2) is 37.1 Å². The van der Waals surface area contributed by atoms with Crippen LogP contribution in [0.5, 0.6) is 0 Å². The molecule has 0 saturated heterocycles. The summed E-state index contributed by atoms with van der Waals surface area (Å²) >= 11 is 0. The van der Waals surface area contributed by atoms with Gasteiger partial charge in [-0.05, 0) is 44.3 Å². The van der Waals surface area contributed by atoms with Gasteiger partial charge in [-0.3, -0.25) is 4.79 Å². The van der Waals surface area contributed by atoms with Crippen LogP contribution < -0.4 is 10.9 Å². The lowest BCUT2D eigenvalue weighted by Gasteiger charge is -2.33. The van der Waals surface area contributed by atoms with Gasteiger partial charge in [-0.1, -0.05) is 19.9 Å². The SMILES string of the molecule is CN(C)CC(C)(C)CNC1CCCc2[nH]c(=O)ccc21. The molecule has 2 N–H and O–H groups in total. The number of aromatic amines is 1. The molecule has 0 spiro atoms. The van der Waals surface area contributed by atoms with Gasteiger partial charge in [0.05, 0.1) is 0 Å². The van der Waals surface area contributed by atoms with Crippen molar-refractivity contribution in [3.8, 4) is 0 Å². The molecule has 0 saturated carbocycles. The van der Waals surface area contributed by atoms with Gasteiger partial charge in [0.2, 0.25) is 5.56 Å². The molecular formula is C16H27N3O. The van der Waals surface area contributed by atoms with Gasteiger partial charge < -0.3 is 15.2 Å². The minimum Gasteiger partial charge on any atom is -0.326 e. The normalized spacial score (nSPS) is 19.1. The maximum Gasteiger partial charge on any atom is 0.248 e. The van der Waals surface area contributed by atoms with Crippen molar-refractivity contribution in [1.82, 2.24) is 15.2 Å². The van der Waals surface area contributed by atoms with Crippen molar-refractivity contribution in [1.29, 1.82) is 0 Å². The van der Waals surface area contributed by atoms with Crippen LogP contribution in [0.1, 0.15) is 44.0 Å². The fraction of sp³-hybridized carbons (Fsp3) is 0.688.